The quantitative estimate of drug-likeness (QED) is 0.749. The molecule has 1 aliphatic heterocycles. The third-order valence-electron chi connectivity index (χ3n) is 4.16. The van der Waals surface area contributed by atoms with Gasteiger partial charge in [-0.3, -0.25) is 4.79 Å². The fraction of sp³-hybridized carbons (Fsp3) is 0.562. The molecule has 0 saturated carbocycles. The van der Waals surface area contributed by atoms with Gasteiger partial charge in [-0.05, 0) is 38.9 Å². The van der Waals surface area contributed by atoms with Crippen LogP contribution in [0.15, 0.2) is 29.2 Å². The average Bonchev–Trinajstić information content (AvgIpc) is 2.55. The highest BCUT2D eigenvalue weighted by Crippen LogP contribution is 2.24. The minimum absolute atomic E-state index is 0.0210. The molecule has 7 heteroatoms. The van der Waals surface area contributed by atoms with Crippen molar-refractivity contribution < 1.29 is 13.2 Å². The average molecular weight is 339 g/mol. The molecule has 1 aromatic carbocycles. The Hall–Kier alpha value is -1.44. The molecule has 0 radical (unpaired) electrons. The second-order valence-electron chi connectivity index (χ2n) is 5.89. The number of rotatable bonds is 6. The van der Waals surface area contributed by atoms with Crippen LogP contribution in [0.5, 0.6) is 0 Å². The van der Waals surface area contributed by atoms with E-state index < -0.39 is 10.0 Å². The van der Waals surface area contributed by atoms with E-state index in [1.54, 1.807) is 24.3 Å². The maximum absolute atomic E-state index is 12.6. The first-order valence-electron chi connectivity index (χ1n) is 7.94. The third kappa shape index (κ3) is 4.53. The molecule has 1 amide bonds. The number of carbonyl (C=O) groups excluding carboxylic acids is 1. The van der Waals surface area contributed by atoms with Gasteiger partial charge < -0.3 is 10.6 Å². The maximum atomic E-state index is 12.6. The Kier molecular flexibility index (Phi) is 6.15. The van der Waals surface area contributed by atoms with Crippen molar-refractivity contribution in [2.75, 3.05) is 33.2 Å². The molecule has 0 atom stereocenters. The number of aryl methyl sites for hydroxylation is 1. The zero-order chi connectivity index (χ0) is 16.9. The van der Waals surface area contributed by atoms with E-state index in [2.05, 4.69) is 10.6 Å². The van der Waals surface area contributed by atoms with Crippen LogP contribution in [0, 0.1) is 12.8 Å². The molecule has 0 spiro atoms. The SMILES string of the molecule is CNCCNC(=O)C1CCN(S(=O)(=O)c2ccc(C)cc2)CC1. The van der Waals surface area contributed by atoms with Crippen LogP contribution < -0.4 is 10.6 Å². The van der Waals surface area contributed by atoms with E-state index in [0.717, 1.165) is 12.1 Å². The normalized spacial score (nSPS) is 17.1. The Balaban J connectivity index is 1.93. The third-order valence-corrected chi connectivity index (χ3v) is 6.07. The fourth-order valence-electron chi connectivity index (χ4n) is 2.67. The van der Waals surface area contributed by atoms with E-state index in [0.29, 0.717) is 37.4 Å². The largest absolute Gasteiger partial charge is 0.355 e. The number of piperidine rings is 1. The summed E-state index contributed by atoms with van der Waals surface area (Å²) in [6, 6.07) is 6.88. The van der Waals surface area contributed by atoms with Gasteiger partial charge in [0.15, 0.2) is 0 Å². The van der Waals surface area contributed by atoms with Crippen molar-refractivity contribution >= 4 is 15.9 Å². The molecule has 128 valence electrons. The molecular weight excluding hydrogens is 314 g/mol. The smallest absolute Gasteiger partial charge is 0.243 e. The Morgan fingerprint density at radius 2 is 1.78 bits per heavy atom. The number of amides is 1. The molecule has 1 fully saturated rings. The monoisotopic (exact) mass is 339 g/mol. The number of benzene rings is 1. The van der Waals surface area contributed by atoms with Crippen molar-refractivity contribution in [3.8, 4) is 0 Å². The Morgan fingerprint density at radius 3 is 2.35 bits per heavy atom. The van der Waals surface area contributed by atoms with Gasteiger partial charge in [0, 0.05) is 32.1 Å². The van der Waals surface area contributed by atoms with Crippen LogP contribution >= 0.6 is 0 Å². The minimum Gasteiger partial charge on any atom is -0.355 e. The van der Waals surface area contributed by atoms with Gasteiger partial charge in [-0.1, -0.05) is 17.7 Å². The lowest BCUT2D eigenvalue weighted by Crippen LogP contribution is -2.43. The first kappa shape index (κ1) is 17.9. The van der Waals surface area contributed by atoms with Crippen molar-refractivity contribution in [2.45, 2.75) is 24.7 Å². The number of nitrogens with one attached hydrogen (secondary N) is 2. The number of carbonyl (C=O) groups is 1. The van der Waals surface area contributed by atoms with Gasteiger partial charge >= 0.3 is 0 Å². The summed E-state index contributed by atoms with van der Waals surface area (Å²) >= 11 is 0. The second kappa shape index (κ2) is 7.90. The lowest BCUT2D eigenvalue weighted by Gasteiger charge is -2.30. The van der Waals surface area contributed by atoms with Gasteiger partial charge in [0.2, 0.25) is 15.9 Å². The molecule has 0 aliphatic carbocycles. The van der Waals surface area contributed by atoms with Gasteiger partial charge in [-0.25, -0.2) is 8.42 Å². The number of hydrogen-bond donors (Lipinski definition) is 2. The second-order valence-corrected chi connectivity index (χ2v) is 7.82. The van der Waals surface area contributed by atoms with Crippen molar-refractivity contribution in [1.82, 2.24) is 14.9 Å². The van der Waals surface area contributed by atoms with Gasteiger partial charge in [0.05, 0.1) is 4.90 Å². The highest BCUT2D eigenvalue weighted by molar-refractivity contribution is 7.89. The number of likely N-dealkylation sites (N-methyl/N-ethyl adjacent to an activating group) is 1. The van der Waals surface area contributed by atoms with Crippen LogP contribution in [-0.4, -0.2) is 51.9 Å². The van der Waals surface area contributed by atoms with E-state index in [-0.39, 0.29) is 11.8 Å². The van der Waals surface area contributed by atoms with Crippen LogP contribution in [0.25, 0.3) is 0 Å². The van der Waals surface area contributed by atoms with Crippen molar-refractivity contribution in [3.63, 3.8) is 0 Å². The highest BCUT2D eigenvalue weighted by atomic mass is 32.2. The molecule has 1 heterocycles. The standard InChI is InChI=1S/C16H25N3O3S/c1-13-3-5-15(6-4-13)23(21,22)19-11-7-14(8-12-19)16(20)18-10-9-17-2/h3-6,14,17H,7-12H2,1-2H3,(H,18,20). The van der Waals surface area contributed by atoms with Crippen LogP contribution in [0.3, 0.4) is 0 Å². The summed E-state index contributed by atoms with van der Waals surface area (Å²) in [7, 11) is -1.62. The van der Waals surface area contributed by atoms with Crippen LogP contribution in [0.4, 0.5) is 0 Å². The fourth-order valence-corrected chi connectivity index (χ4v) is 4.14. The molecule has 2 N–H and O–H groups in total. The molecule has 1 saturated heterocycles. The van der Waals surface area contributed by atoms with Crippen molar-refractivity contribution in [3.05, 3.63) is 29.8 Å². The van der Waals surface area contributed by atoms with Crippen molar-refractivity contribution in [1.29, 1.82) is 0 Å². The Morgan fingerprint density at radius 1 is 1.17 bits per heavy atom. The summed E-state index contributed by atoms with van der Waals surface area (Å²) in [5.41, 5.74) is 1.03. The maximum Gasteiger partial charge on any atom is 0.243 e. The van der Waals surface area contributed by atoms with E-state index in [4.69, 9.17) is 0 Å². The predicted octanol–water partition coefficient (Wildman–Crippen LogP) is 0.731. The molecule has 23 heavy (non-hydrogen) atoms. The summed E-state index contributed by atoms with van der Waals surface area (Å²) < 4.78 is 26.7. The van der Waals surface area contributed by atoms with Crippen LogP contribution in [0.2, 0.25) is 0 Å². The van der Waals surface area contributed by atoms with Crippen molar-refractivity contribution in [2.24, 2.45) is 5.92 Å². The number of sulfonamides is 1. The van der Waals surface area contributed by atoms with Gasteiger partial charge in [-0.15, -0.1) is 0 Å². The summed E-state index contributed by atoms with van der Waals surface area (Å²) in [4.78, 5) is 12.3. The molecule has 0 unspecified atom stereocenters. The summed E-state index contributed by atoms with van der Waals surface area (Å²) in [6.07, 6.45) is 1.13. The Bertz CT molecular complexity index is 620. The molecule has 2 rings (SSSR count). The van der Waals surface area contributed by atoms with Gasteiger partial charge in [0.1, 0.15) is 0 Å². The van der Waals surface area contributed by atoms with Crippen LogP contribution in [-0.2, 0) is 14.8 Å². The lowest BCUT2D eigenvalue weighted by molar-refractivity contribution is -0.126. The molecular formula is C16H25N3O3S. The zero-order valence-corrected chi connectivity index (χ0v) is 14.5. The zero-order valence-electron chi connectivity index (χ0n) is 13.7. The predicted molar refractivity (Wildman–Crippen MR) is 89.6 cm³/mol. The molecule has 6 nitrogen and oxygen atoms in total. The van der Waals surface area contributed by atoms with E-state index >= 15 is 0 Å². The Labute approximate surface area is 138 Å². The molecule has 0 bridgehead atoms. The molecule has 0 aromatic heterocycles. The van der Waals surface area contributed by atoms with E-state index in [9.17, 15) is 13.2 Å². The summed E-state index contributed by atoms with van der Waals surface area (Å²) in [5.74, 6) is -0.0797. The van der Waals surface area contributed by atoms with Gasteiger partial charge in [-0.2, -0.15) is 4.31 Å². The minimum atomic E-state index is -3.46. The summed E-state index contributed by atoms with van der Waals surface area (Å²) in [6.45, 7) is 4.03. The highest BCUT2D eigenvalue weighted by Gasteiger charge is 2.31. The first-order valence-corrected chi connectivity index (χ1v) is 9.38. The van der Waals surface area contributed by atoms with Gasteiger partial charge in [0.25, 0.3) is 0 Å². The lowest BCUT2D eigenvalue weighted by atomic mass is 9.97. The number of hydrogen-bond acceptors (Lipinski definition) is 4. The van der Waals surface area contributed by atoms with E-state index in [1.807, 2.05) is 14.0 Å². The van der Waals surface area contributed by atoms with Crippen LogP contribution in [0.1, 0.15) is 18.4 Å². The topological polar surface area (TPSA) is 78.5 Å². The number of nitrogens with zero attached hydrogens (tertiary/aromatic N) is 1. The molecule has 1 aliphatic rings. The molecule has 1 aromatic rings. The van der Waals surface area contributed by atoms with E-state index in [1.165, 1.54) is 4.31 Å². The first-order chi connectivity index (χ1) is 10.9. The summed E-state index contributed by atoms with van der Waals surface area (Å²) in [5, 5.41) is 5.85.